The van der Waals surface area contributed by atoms with Crippen molar-refractivity contribution in [1.29, 1.82) is 0 Å². The molecule has 0 N–H and O–H groups in total. The molecule has 1 aliphatic rings. The molecule has 0 aromatic heterocycles. The molecule has 0 aromatic carbocycles. The fraction of sp³-hybridized carbons (Fsp3) is 0.429. The lowest BCUT2D eigenvalue weighted by atomic mass is 10.1. The molecule has 0 bridgehead atoms. The highest BCUT2D eigenvalue weighted by Gasteiger charge is 2.46. The van der Waals surface area contributed by atoms with Crippen LogP contribution in [0.5, 0.6) is 0 Å². The van der Waals surface area contributed by atoms with Gasteiger partial charge in [0.05, 0.1) is 5.57 Å². The summed E-state index contributed by atoms with van der Waals surface area (Å²) >= 11 is 0. The van der Waals surface area contributed by atoms with Crippen molar-refractivity contribution in [1.82, 2.24) is 5.32 Å². The Kier molecular flexibility index (Phi) is 2.29. The van der Waals surface area contributed by atoms with Gasteiger partial charge in [0.25, 0.3) is 0 Å². The van der Waals surface area contributed by atoms with E-state index in [1.54, 1.807) is 0 Å². The highest BCUT2D eigenvalue weighted by atomic mass is 19.4. The number of halogens is 6. The first-order valence-corrected chi connectivity index (χ1v) is 3.33. The minimum absolute atomic E-state index is 0.717. The number of allylic oxidation sites excluding steroid dienone is 3. The molecule has 1 rings (SSSR count). The van der Waals surface area contributed by atoms with Crippen LogP contribution in [0.3, 0.4) is 0 Å². The van der Waals surface area contributed by atoms with Gasteiger partial charge < -0.3 is 0 Å². The second-order valence-corrected chi connectivity index (χ2v) is 2.57. The number of alkyl halides is 6. The van der Waals surface area contributed by atoms with Gasteiger partial charge >= 0.3 is 12.4 Å². The van der Waals surface area contributed by atoms with Crippen LogP contribution >= 0.6 is 0 Å². The van der Waals surface area contributed by atoms with E-state index in [9.17, 15) is 26.3 Å². The predicted octanol–water partition coefficient (Wildman–Crippen LogP) is 2.69. The minimum atomic E-state index is -4.87. The van der Waals surface area contributed by atoms with Gasteiger partial charge in [0, 0.05) is 0 Å². The summed E-state index contributed by atoms with van der Waals surface area (Å²) in [5.74, 6) is 0. The molecule has 1 aliphatic heterocycles. The third kappa shape index (κ3) is 1.85. The molecule has 0 aromatic rings. The lowest BCUT2D eigenvalue weighted by Crippen LogP contribution is -2.18. The van der Waals surface area contributed by atoms with Crippen molar-refractivity contribution in [3.63, 3.8) is 0 Å². The van der Waals surface area contributed by atoms with Crippen LogP contribution in [0, 0.1) is 6.20 Å². The Morgan fingerprint density at radius 3 is 1.71 bits per heavy atom. The Morgan fingerprint density at radius 1 is 1.00 bits per heavy atom. The summed E-state index contributed by atoms with van der Waals surface area (Å²) in [6.07, 6.45) is -8.39. The molecule has 0 saturated heterocycles. The van der Waals surface area contributed by atoms with Gasteiger partial charge in [-0.25, -0.2) is 5.32 Å². The summed E-state index contributed by atoms with van der Waals surface area (Å²) in [6, 6.07) is 0. The molecule has 78 valence electrons. The van der Waals surface area contributed by atoms with Crippen LogP contribution in [-0.4, -0.2) is 12.4 Å². The first-order valence-electron chi connectivity index (χ1n) is 3.33. The number of hydrogen-bond acceptors (Lipinski definition) is 0. The van der Waals surface area contributed by atoms with E-state index >= 15 is 0 Å². The van der Waals surface area contributed by atoms with Gasteiger partial charge in [0.2, 0.25) is 0 Å². The molecular formula is C7H3F6N. The summed E-state index contributed by atoms with van der Waals surface area (Å²) in [6.45, 7) is 0.717. The van der Waals surface area contributed by atoms with Crippen LogP contribution in [0.4, 0.5) is 26.3 Å². The van der Waals surface area contributed by atoms with Crippen molar-refractivity contribution in [3.05, 3.63) is 23.0 Å². The average Bonchev–Trinajstić information content (AvgIpc) is 2.26. The Hall–Kier alpha value is -1.14. The van der Waals surface area contributed by atoms with Crippen molar-refractivity contribution < 1.29 is 26.3 Å². The first-order chi connectivity index (χ1) is 6.14. The van der Waals surface area contributed by atoms with Crippen molar-refractivity contribution >= 4 is 0 Å². The molecule has 2 radical (unpaired) electrons. The topological polar surface area (TPSA) is 14.1 Å². The van der Waals surface area contributed by atoms with Crippen LogP contribution in [-0.2, 0) is 0 Å². The van der Waals surface area contributed by atoms with Crippen LogP contribution < -0.4 is 5.32 Å². The van der Waals surface area contributed by atoms with Crippen LogP contribution in [0.25, 0.3) is 0 Å². The van der Waals surface area contributed by atoms with Crippen molar-refractivity contribution in [2.75, 3.05) is 0 Å². The SMILES string of the molecule is CC1=C(C(F)(F)F)[N][C]=C1C(F)(F)F. The third-order valence-corrected chi connectivity index (χ3v) is 1.56. The minimum Gasteiger partial charge on any atom is -0.241 e. The van der Waals surface area contributed by atoms with Crippen molar-refractivity contribution in [2.45, 2.75) is 19.3 Å². The Morgan fingerprint density at radius 2 is 1.50 bits per heavy atom. The number of hydrogen-bond donors (Lipinski definition) is 0. The fourth-order valence-electron chi connectivity index (χ4n) is 0.950. The second kappa shape index (κ2) is 2.93. The monoisotopic (exact) mass is 215 g/mol. The van der Waals surface area contributed by atoms with E-state index in [4.69, 9.17) is 0 Å². The van der Waals surface area contributed by atoms with E-state index in [0.717, 1.165) is 6.92 Å². The largest absolute Gasteiger partial charge is 0.433 e. The van der Waals surface area contributed by atoms with Gasteiger partial charge in [-0.1, -0.05) is 0 Å². The van der Waals surface area contributed by atoms with Crippen molar-refractivity contribution in [2.24, 2.45) is 0 Å². The van der Waals surface area contributed by atoms with Crippen LogP contribution in [0.2, 0.25) is 0 Å². The summed E-state index contributed by atoms with van der Waals surface area (Å²) < 4.78 is 72.0. The Balaban J connectivity index is 3.05. The molecule has 0 unspecified atom stereocenters. The molecule has 1 heterocycles. The zero-order chi connectivity index (χ0) is 11.1. The van der Waals surface area contributed by atoms with Crippen LogP contribution in [0.1, 0.15) is 6.92 Å². The number of nitrogens with zero attached hydrogens (tertiary/aromatic N) is 1. The standard InChI is InChI=1S/C7H3F6N/c1-3-4(6(8,9)10)2-14-5(3)7(11,12)13/h1H3. The average molecular weight is 215 g/mol. The molecule has 0 fully saturated rings. The van der Waals surface area contributed by atoms with Gasteiger partial charge in [0.1, 0.15) is 11.9 Å². The zero-order valence-electron chi connectivity index (χ0n) is 6.72. The summed E-state index contributed by atoms with van der Waals surface area (Å²) in [4.78, 5) is 0. The van der Waals surface area contributed by atoms with E-state index < -0.39 is 29.2 Å². The predicted molar refractivity (Wildman–Crippen MR) is 33.7 cm³/mol. The lowest BCUT2D eigenvalue weighted by Gasteiger charge is -2.10. The van der Waals surface area contributed by atoms with E-state index in [1.807, 2.05) is 0 Å². The van der Waals surface area contributed by atoms with E-state index in [0.29, 0.717) is 0 Å². The molecular weight excluding hydrogens is 212 g/mol. The van der Waals surface area contributed by atoms with Crippen LogP contribution in [0.15, 0.2) is 16.8 Å². The molecule has 1 nitrogen and oxygen atoms in total. The number of rotatable bonds is 0. The molecule has 0 aliphatic carbocycles. The van der Waals surface area contributed by atoms with Gasteiger partial charge in [-0.2, -0.15) is 26.3 Å². The van der Waals surface area contributed by atoms with E-state index in [2.05, 4.69) is 5.32 Å². The maximum atomic E-state index is 12.0. The van der Waals surface area contributed by atoms with E-state index in [1.165, 1.54) is 6.20 Å². The summed E-state index contributed by atoms with van der Waals surface area (Å²) in [5, 5.41) is 2.58. The highest BCUT2D eigenvalue weighted by molar-refractivity contribution is 5.41. The maximum Gasteiger partial charge on any atom is 0.433 e. The van der Waals surface area contributed by atoms with Gasteiger partial charge in [-0.05, 0) is 12.5 Å². The Labute approximate surface area is 75.1 Å². The molecule has 14 heavy (non-hydrogen) atoms. The van der Waals surface area contributed by atoms with Crippen molar-refractivity contribution in [3.8, 4) is 0 Å². The smallest absolute Gasteiger partial charge is 0.241 e. The summed E-state index contributed by atoms with van der Waals surface area (Å²) in [5.41, 5.74) is -3.94. The zero-order valence-corrected chi connectivity index (χ0v) is 6.72. The fourth-order valence-corrected chi connectivity index (χ4v) is 0.950. The lowest BCUT2D eigenvalue weighted by molar-refractivity contribution is -0.0972. The Bertz CT molecular complexity index is 288. The quantitative estimate of drug-likeness (QED) is 0.551. The third-order valence-electron chi connectivity index (χ3n) is 1.56. The molecule has 0 saturated carbocycles. The van der Waals surface area contributed by atoms with E-state index in [-0.39, 0.29) is 0 Å². The molecule has 7 heteroatoms. The van der Waals surface area contributed by atoms with Gasteiger partial charge in [0.15, 0.2) is 0 Å². The maximum absolute atomic E-state index is 12.0. The molecule has 0 spiro atoms. The molecule has 0 atom stereocenters. The first kappa shape index (κ1) is 10.9. The highest BCUT2D eigenvalue weighted by Crippen LogP contribution is 2.39. The second-order valence-electron chi connectivity index (χ2n) is 2.57. The normalized spacial score (nSPS) is 18.4. The summed E-state index contributed by atoms with van der Waals surface area (Å²) in [7, 11) is 0. The van der Waals surface area contributed by atoms with Gasteiger partial charge in [-0.3, -0.25) is 0 Å². The molecule has 0 amide bonds. The van der Waals surface area contributed by atoms with Gasteiger partial charge in [-0.15, -0.1) is 0 Å².